The molecule has 3 aromatic rings. The summed E-state index contributed by atoms with van der Waals surface area (Å²) in [5.74, 6) is -0.194. The summed E-state index contributed by atoms with van der Waals surface area (Å²) in [5, 5.41) is 12.1. The molecule has 0 atom stereocenters. The predicted octanol–water partition coefficient (Wildman–Crippen LogP) is 2.27. The molecule has 1 aromatic carbocycles. The number of rotatable bonds is 4. The number of amides is 1. The Labute approximate surface area is 154 Å². The lowest BCUT2D eigenvalue weighted by Gasteiger charge is -2.10. The van der Waals surface area contributed by atoms with Crippen molar-refractivity contribution < 1.29 is 4.79 Å². The standard InChI is InChI=1S/C18H18ClN5O2/c19-13-7-5-12(6-8-13)15-9-10-16-22-23(18(26)24(16)21-15)11-17(25)20-14-3-1-2-4-14/h5-10,14H,1-4,11H2,(H,20,25). The second-order valence-corrected chi connectivity index (χ2v) is 6.92. The Kier molecular flexibility index (Phi) is 4.46. The van der Waals surface area contributed by atoms with Gasteiger partial charge in [-0.1, -0.05) is 36.6 Å². The molecule has 8 heteroatoms. The average Bonchev–Trinajstić information content (AvgIpc) is 3.24. The third-order valence-electron chi connectivity index (χ3n) is 4.59. The van der Waals surface area contributed by atoms with E-state index in [0.29, 0.717) is 16.4 Å². The number of carbonyl (C=O) groups is 1. The summed E-state index contributed by atoms with van der Waals surface area (Å²) >= 11 is 5.91. The third kappa shape index (κ3) is 3.35. The van der Waals surface area contributed by atoms with Gasteiger partial charge in [0.05, 0.1) is 5.69 Å². The molecule has 1 fully saturated rings. The fourth-order valence-electron chi connectivity index (χ4n) is 3.27. The Morgan fingerprint density at radius 1 is 1.12 bits per heavy atom. The van der Waals surface area contributed by atoms with Gasteiger partial charge in [-0.05, 0) is 37.1 Å². The molecule has 4 rings (SSSR count). The van der Waals surface area contributed by atoms with Crippen LogP contribution >= 0.6 is 11.6 Å². The summed E-state index contributed by atoms with van der Waals surface area (Å²) in [7, 11) is 0. The molecular formula is C18H18ClN5O2. The molecule has 0 radical (unpaired) electrons. The van der Waals surface area contributed by atoms with Crippen molar-refractivity contribution in [3.63, 3.8) is 0 Å². The van der Waals surface area contributed by atoms with E-state index in [-0.39, 0.29) is 18.5 Å². The van der Waals surface area contributed by atoms with E-state index in [0.717, 1.165) is 35.9 Å². The second-order valence-electron chi connectivity index (χ2n) is 6.48. The number of hydrogen-bond donors (Lipinski definition) is 1. The van der Waals surface area contributed by atoms with Gasteiger partial charge in [-0.3, -0.25) is 4.79 Å². The van der Waals surface area contributed by atoms with Crippen molar-refractivity contribution in [2.75, 3.05) is 0 Å². The van der Waals surface area contributed by atoms with Gasteiger partial charge in [0.25, 0.3) is 0 Å². The van der Waals surface area contributed by atoms with E-state index in [2.05, 4.69) is 15.5 Å². The number of nitrogens with one attached hydrogen (secondary N) is 1. The Morgan fingerprint density at radius 2 is 1.85 bits per heavy atom. The Balaban J connectivity index is 1.59. The second kappa shape index (κ2) is 6.92. The van der Waals surface area contributed by atoms with Gasteiger partial charge in [-0.25, -0.2) is 9.48 Å². The van der Waals surface area contributed by atoms with Crippen LogP contribution in [0.2, 0.25) is 5.02 Å². The number of nitrogens with zero attached hydrogens (tertiary/aromatic N) is 4. The molecular weight excluding hydrogens is 354 g/mol. The summed E-state index contributed by atoms with van der Waals surface area (Å²) in [5.41, 5.74) is 1.44. The largest absolute Gasteiger partial charge is 0.367 e. The number of fused-ring (bicyclic) bond motifs is 1. The molecule has 1 aliphatic carbocycles. The van der Waals surface area contributed by atoms with E-state index in [9.17, 15) is 9.59 Å². The van der Waals surface area contributed by atoms with Gasteiger partial charge in [-0.15, -0.1) is 5.10 Å². The molecule has 2 heterocycles. The van der Waals surface area contributed by atoms with Gasteiger partial charge < -0.3 is 5.32 Å². The monoisotopic (exact) mass is 371 g/mol. The average molecular weight is 372 g/mol. The number of halogens is 1. The van der Waals surface area contributed by atoms with Crippen LogP contribution in [0.25, 0.3) is 16.9 Å². The van der Waals surface area contributed by atoms with E-state index in [4.69, 9.17) is 11.6 Å². The highest BCUT2D eigenvalue weighted by molar-refractivity contribution is 6.30. The fourth-order valence-corrected chi connectivity index (χ4v) is 3.39. The Hall–Kier alpha value is -2.67. The summed E-state index contributed by atoms with van der Waals surface area (Å²) in [6.45, 7) is -0.102. The maximum Gasteiger partial charge on any atom is 0.367 e. The lowest BCUT2D eigenvalue weighted by molar-refractivity contribution is -0.122. The van der Waals surface area contributed by atoms with Gasteiger partial charge in [0, 0.05) is 16.6 Å². The molecule has 0 bridgehead atoms. The topological polar surface area (TPSA) is 81.3 Å². The maximum absolute atomic E-state index is 12.5. The fraction of sp³-hybridized carbons (Fsp3) is 0.333. The number of benzene rings is 1. The van der Waals surface area contributed by atoms with Crippen molar-refractivity contribution >= 4 is 23.2 Å². The first kappa shape index (κ1) is 16.8. The Bertz CT molecular complexity index is 1000. The normalized spacial score (nSPS) is 14.8. The van der Waals surface area contributed by atoms with Crippen LogP contribution in [0.1, 0.15) is 25.7 Å². The molecule has 2 aromatic heterocycles. The van der Waals surface area contributed by atoms with Gasteiger partial charge in [0.2, 0.25) is 5.91 Å². The van der Waals surface area contributed by atoms with E-state index >= 15 is 0 Å². The highest BCUT2D eigenvalue weighted by Crippen LogP contribution is 2.19. The summed E-state index contributed by atoms with van der Waals surface area (Å²) in [6, 6.07) is 10.9. The molecule has 134 valence electrons. The zero-order valence-electron chi connectivity index (χ0n) is 14.1. The minimum absolute atomic E-state index is 0.102. The highest BCUT2D eigenvalue weighted by Gasteiger charge is 2.19. The van der Waals surface area contributed by atoms with Crippen LogP contribution in [0.4, 0.5) is 0 Å². The first-order valence-electron chi connectivity index (χ1n) is 8.62. The molecule has 0 aliphatic heterocycles. The first-order valence-corrected chi connectivity index (χ1v) is 9.00. The summed E-state index contributed by atoms with van der Waals surface area (Å²) in [4.78, 5) is 24.7. The molecule has 1 aliphatic rings. The zero-order valence-corrected chi connectivity index (χ0v) is 14.8. The van der Waals surface area contributed by atoms with E-state index in [1.165, 1.54) is 4.52 Å². The van der Waals surface area contributed by atoms with Crippen molar-refractivity contribution in [2.24, 2.45) is 0 Å². The van der Waals surface area contributed by atoms with Crippen LogP contribution in [-0.4, -0.2) is 31.3 Å². The molecule has 0 unspecified atom stereocenters. The van der Waals surface area contributed by atoms with Gasteiger partial charge in [0.15, 0.2) is 5.65 Å². The number of carbonyl (C=O) groups excluding carboxylic acids is 1. The minimum atomic E-state index is -0.433. The van der Waals surface area contributed by atoms with E-state index in [1.54, 1.807) is 24.3 Å². The van der Waals surface area contributed by atoms with Gasteiger partial charge in [0.1, 0.15) is 6.54 Å². The molecule has 0 spiro atoms. The summed E-state index contributed by atoms with van der Waals surface area (Å²) < 4.78 is 2.37. The highest BCUT2D eigenvalue weighted by atomic mass is 35.5. The molecule has 1 saturated carbocycles. The van der Waals surface area contributed by atoms with Crippen molar-refractivity contribution in [3.05, 3.63) is 51.9 Å². The molecule has 26 heavy (non-hydrogen) atoms. The van der Waals surface area contributed by atoms with Crippen molar-refractivity contribution in [3.8, 4) is 11.3 Å². The minimum Gasteiger partial charge on any atom is -0.352 e. The lowest BCUT2D eigenvalue weighted by atomic mass is 10.1. The zero-order chi connectivity index (χ0) is 18.1. The SMILES string of the molecule is O=C(Cn1nc2ccc(-c3ccc(Cl)cc3)nn2c1=O)NC1CCCC1. The maximum atomic E-state index is 12.5. The van der Waals surface area contributed by atoms with Crippen LogP contribution < -0.4 is 11.0 Å². The summed E-state index contributed by atoms with van der Waals surface area (Å²) in [6.07, 6.45) is 4.27. The van der Waals surface area contributed by atoms with Crippen LogP contribution in [-0.2, 0) is 11.3 Å². The molecule has 7 nitrogen and oxygen atoms in total. The molecule has 1 N–H and O–H groups in total. The van der Waals surface area contributed by atoms with Crippen molar-refractivity contribution in [1.82, 2.24) is 24.7 Å². The molecule has 0 saturated heterocycles. The number of hydrogen-bond acceptors (Lipinski definition) is 4. The Morgan fingerprint density at radius 3 is 2.58 bits per heavy atom. The lowest BCUT2D eigenvalue weighted by Crippen LogP contribution is -2.37. The van der Waals surface area contributed by atoms with Crippen molar-refractivity contribution in [2.45, 2.75) is 38.3 Å². The van der Waals surface area contributed by atoms with Crippen LogP contribution in [0.3, 0.4) is 0 Å². The smallest absolute Gasteiger partial charge is 0.352 e. The van der Waals surface area contributed by atoms with E-state index in [1.807, 2.05) is 12.1 Å². The van der Waals surface area contributed by atoms with Gasteiger partial charge >= 0.3 is 5.69 Å². The van der Waals surface area contributed by atoms with Crippen LogP contribution in [0.15, 0.2) is 41.2 Å². The van der Waals surface area contributed by atoms with Crippen LogP contribution in [0, 0.1) is 0 Å². The number of aromatic nitrogens is 4. The molecule has 1 amide bonds. The van der Waals surface area contributed by atoms with Crippen LogP contribution in [0.5, 0.6) is 0 Å². The van der Waals surface area contributed by atoms with Gasteiger partial charge in [-0.2, -0.15) is 9.61 Å². The first-order chi connectivity index (χ1) is 12.6. The van der Waals surface area contributed by atoms with E-state index < -0.39 is 5.69 Å². The third-order valence-corrected chi connectivity index (χ3v) is 4.85. The quantitative estimate of drug-likeness (QED) is 0.762. The predicted molar refractivity (Wildman–Crippen MR) is 98.1 cm³/mol. The van der Waals surface area contributed by atoms with Crippen molar-refractivity contribution in [1.29, 1.82) is 0 Å².